The first kappa shape index (κ1) is 24.0. The number of aromatic nitrogens is 3. The summed E-state index contributed by atoms with van der Waals surface area (Å²) in [6.07, 6.45) is 3.19. The molecule has 0 atom stereocenters. The molecule has 0 aliphatic heterocycles. The van der Waals surface area contributed by atoms with Crippen molar-refractivity contribution in [2.75, 3.05) is 6.61 Å². The van der Waals surface area contributed by atoms with E-state index in [-0.39, 0.29) is 17.1 Å². The van der Waals surface area contributed by atoms with Crippen molar-refractivity contribution in [3.05, 3.63) is 91.1 Å². The van der Waals surface area contributed by atoms with Crippen LogP contribution in [0.4, 0.5) is 5.69 Å². The summed E-state index contributed by atoms with van der Waals surface area (Å²) >= 11 is 3.39. The van der Waals surface area contributed by atoms with Gasteiger partial charge in [-0.2, -0.15) is 9.78 Å². The van der Waals surface area contributed by atoms with Crippen LogP contribution >= 0.6 is 15.9 Å². The zero-order valence-corrected chi connectivity index (χ0v) is 20.4. The fourth-order valence-corrected chi connectivity index (χ4v) is 3.64. The third kappa shape index (κ3) is 5.35. The molecule has 0 aliphatic carbocycles. The topological polar surface area (TPSA) is 122 Å². The summed E-state index contributed by atoms with van der Waals surface area (Å²) < 4.78 is 13.5. The summed E-state index contributed by atoms with van der Waals surface area (Å²) in [7, 11) is 0. The first-order valence-electron chi connectivity index (χ1n) is 10.7. The summed E-state index contributed by atoms with van der Waals surface area (Å²) in [6.45, 7) is 4.12. The molecule has 11 heteroatoms. The Balaban J connectivity index is 1.66. The van der Waals surface area contributed by atoms with Gasteiger partial charge in [0.2, 0.25) is 5.88 Å². The van der Waals surface area contributed by atoms with Crippen molar-refractivity contribution in [1.29, 1.82) is 0 Å². The van der Waals surface area contributed by atoms with Crippen LogP contribution in [0.15, 0.2) is 69.1 Å². The van der Waals surface area contributed by atoms with E-state index in [1.165, 1.54) is 16.8 Å². The van der Waals surface area contributed by atoms with E-state index in [9.17, 15) is 14.9 Å². The van der Waals surface area contributed by atoms with Gasteiger partial charge in [0.15, 0.2) is 11.5 Å². The van der Waals surface area contributed by atoms with Crippen molar-refractivity contribution < 1.29 is 14.4 Å². The average Bonchev–Trinajstić information content (AvgIpc) is 2.85. The van der Waals surface area contributed by atoms with Crippen molar-refractivity contribution in [2.45, 2.75) is 20.3 Å². The second kappa shape index (κ2) is 10.4. The lowest BCUT2D eigenvalue weighted by molar-refractivity contribution is -0.385. The van der Waals surface area contributed by atoms with Crippen LogP contribution in [-0.4, -0.2) is 32.4 Å². The van der Waals surface area contributed by atoms with E-state index < -0.39 is 4.92 Å². The maximum Gasteiger partial charge on any atom is 0.287 e. The lowest BCUT2D eigenvalue weighted by atomic mass is 10.2. The molecule has 0 saturated carbocycles. The molecule has 0 aliphatic rings. The number of pyridine rings is 1. The maximum atomic E-state index is 13.1. The number of nitro groups is 1. The van der Waals surface area contributed by atoms with Crippen molar-refractivity contribution in [2.24, 2.45) is 5.10 Å². The average molecular weight is 538 g/mol. The smallest absolute Gasteiger partial charge is 0.287 e. The van der Waals surface area contributed by atoms with Gasteiger partial charge in [-0.05, 0) is 48.9 Å². The lowest BCUT2D eigenvalue weighted by Gasteiger charge is -2.12. The van der Waals surface area contributed by atoms with E-state index in [4.69, 9.17) is 9.47 Å². The van der Waals surface area contributed by atoms with Gasteiger partial charge in [0.1, 0.15) is 12.0 Å². The Hall–Kier alpha value is -4.12. The van der Waals surface area contributed by atoms with Gasteiger partial charge in [-0.3, -0.25) is 14.9 Å². The number of fused-ring (bicyclic) bond motifs is 1. The predicted molar refractivity (Wildman–Crippen MR) is 135 cm³/mol. The third-order valence-corrected chi connectivity index (χ3v) is 5.42. The predicted octanol–water partition coefficient (Wildman–Crippen LogP) is 5.10. The minimum Gasteiger partial charge on any atom is -0.490 e. The lowest BCUT2D eigenvalue weighted by Crippen LogP contribution is -2.22. The van der Waals surface area contributed by atoms with E-state index in [2.05, 4.69) is 31.0 Å². The molecule has 10 nitrogen and oxygen atoms in total. The molecule has 0 amide bonds. The van der Waals surface area contributed by atoms with Crippen LogP contribution in [0.1, 0.15) is 25.2 Å². The normalized spacial score (nSPS) is 11.2. The fraction of sp³-hybridized carbons (Fsp3) is 0.167. The highest BCUT2D eigenvalue weighted by molar-refractivity contribution is 9.10. The maximum absolute atomic E-state index is 13.1. The summed E-state index contributed by atoms with van der Waals surface area (Å²) in [6, 6.07) is 13.2. The number of ether oxygens (including phenoxy) is 2. The number of rotatable bonds is 8. The first-order chi connectivity index (χ1) is 16.9. The van der Waals surface area contributed by atoms with Gasteiger partial charge in [-0.25, -0.2) is 9.97 Å². The molecule has 0 spiro atoms. The molecule has 2 aromatic heterocycles. The highest BCUT2D eigenvalue weighted by Gasteiger charge is 2.12. The number of hydrogen-bond acceptors (Lipinski definition) is 8. The number of halogens is 1. The molecule has 0 unspecified atom stereocenters. The van der Waals surface area contributed by atoms with Crippen molar-refractivity contribution >= 4 is 38.7 Å². The van der Waals surface area contributed by atoms with Gasteiger partial charge >= 0.3 is 0 Å². The van der Waals surface area contributed by atoms with Crippen LogP contribution in [0.3, 0.4) is 0 Å². The molecule has 4 aromatic rings. The number of hydrogen-bond donors (Lipinski definition) is 0. The minimum absolute atomic E-state index is 0.133. The molecule has 0 radical (unpaired) electrons. The summed E-state index contributed by atoms with van der Waals surface area (Å²) in [5.74, 6) is 1.54. The highest BCUT2D eigenvalue weighted by atomic mass is 79.9. The number of nitrogens with zero attached hydrogens (tertiary/aromatic N) is 5. The molecule has 2 heterocycles. The van der Waals surface area contributed by atoms with E-state index in [1.807, 2.05) is 19.9 Å². The Morgan fingerprint density at radius 2 is 1.97 bits per heavy atom. The molecular weight excluding hydrogens is 518 g/mol. The van der Waals surface area contributed by atoms with Gasteiger partial charge in [0.25, 0.3) is 11.2 Å². The second-order valence-corrected chi connectivity index (χ2v) is 8.17. The van der Waals surface area contributed by atoms with Crippen molar-refractivity contribution in [3.63, 3.8) is 0 Å². The van der Waals surface area contributed by atoms with Gasteiger partial charge < -0.3 is 9.47 Å². The van der Waals surface area contributed by atoms with Crippen LogP contribution < -0.4 is 15.0 Å². The van der Waals surface area contributed by atoms with Crippen LogP contribution in [-0.2, 0) is 6.42 Å². The molecule has 0 bridgehead atoms. The summed E-state index contributed by atoms with van der Waals surface area (Å²) in [5.41, 5.74) is 0.882. The SMILES string of the molecule is CCOc1cc(C=Nn2c(CC)nc3ccc(Br)cc3c2=O)ccc1Oc1ccc([N+](=O)[O-])cn1. The minimum atomic E-state index is -0.532. The quantitative estimate of drug-likeness (QED) is 0.174. The number of aryl methyl sites for hydroxylation is 1. The van der Waals surface area contributed by atoms with Gasteiger partial charge in [-0.1, -0.05) is 22.9 Å². The number of benzene rings is 2. The Labute approximate surface area is 208 Å². The molecule has 0 N–H and O–H groups in total. The molecule has 0 fully saturated rings. The van der Waals surface area contributed by atoms with E-state index in [0.717, 1.165) is 10.7 Å². The van der Waals surface area contributed by atoms with Crippen LogP contribution in [0.5, 0.6) is 17.4 Å². The Kier molecular flexibility index (Phi) is 7.16. The third-order valence-electron chi connectivity index (χ3n) is 4.93. The van der Waals surface area contributed by atoms with Crippen molar-refractivity contribution in [3.8, 4) is 17.4 Å². The zero-order chi connectivity index (χ0) is 24.9. The van der Waals surface area contributed by atoms with Crippen molar-refractivity contribution in [1.82, 2.24) is 14.6 Å². The molecule has 178 valence electrons. The monoisotopic (exact) mass is 537 g/mol. The Morgan fingerprint density at radius 1 is 1.14 bits per heavy atom. The van der Waals surface area contributed by atoms with E-state index in [0.29, 0.717) is 46.8 Å². The van der Waals surface area contributed by atoms with Gasteiger partial charge in [0, 0.05) is 23.0 Å². The fourth-order valence-electron chi connectivity index (χ4n) is 3.28. The Morgan fingerprint density at radius 3 is 2.66 bits per heavy atom. The summed E-state index contributed by atoms with van der Waals surface area (Å²) in [5, 5.41) is 15.7. The molecule has 35 heavy (non-hydrogen) atoms. The van der Waals surface area contributed by atoms with E-state index >= 15 is 0 Å². The largest absolute Gasteiger partial charge is 0.490 e. The summed E-state index contributed by atoms with van der Waals surface area (Å²) in [4.78, 5) is 31.9. The molecule has 2 aromatic carbocycles. The zero-order valence-electron chi connectivity index (χ0n) is 18.8. The molecule has 4 rings (SSSR count). The first-order valence-corrected chi connectivity index (χ1v) is 11.5. The second-order valence-electron chi connectivity index (χ2n) is 7.26. The van der Waals surface area contributed by atoms with Gasteiger partial charge in [0.05, 0.1) is 28.6 Å². The van der Waals surface area contributed by atoms with Crippen LogP contribution in [0.2, 0.25) is 0 Å². The standard InChI is InChI=1S/C24H20BrN5O5/c1-3-22-28-19-8-6-16(25)12-18(19)24(31)29(22)27-13-15-5-9-20(21(11-15)34-4-2)35-23-10-7-17(14-26-23)30(32)33/h5-14H,3-4H2,1-2H3. The molecule has 0 saturated heterocycles. The van der Waals surface area contributed by atoms with Crippen LogP contribution in [0.25, 0.3) is 10.9 Å². The molecular formula is C24H20BrN5O5. The van der Waals surface area contributed by atoms with E-state index in [1.54, 1.807) is 36.5 Å². The highest BCUT2D eigenvalue weighted by Crippen LogP contribution is 2.32. The Bertz CT molecular complexity index is 1480. The van der Waals surface area contributed by atoms with Crippen LogP contribution in [0, 0.1) is 10.1 Å². The van der Waals surface area contributed by atoms with Gasteiger partial charge in [-0.15, -0.1) is 0 Å².